The van der Waals surface area contributed by atoms with Crippen molar-refractivity contribution in [2.24, 2.45) is 0 Å². The summed E-state index contributed by atoms with van der Waals surface area (Å²) in [4.78, 5) is 16.3. The number of rotatable bonds is 7. The van der Waals surface area contributed by atoms with Crippen molar-refractivity contribution in [3.63, 3.8) is 0 Å². The van der Waals surface area contributed by atoms with Gasteiger partial charge in [-0.2, -0.15) is 0 Å². The van der Waals surface area contributed by atoms with Gasteiger partial charge in [0.2, 0.25) is 5.91 Å². The van der Waals surface area contributed by atoms with Crippen molar-refractivity contribution in [1.29, 1.82) is 0 Å². The molecule has 6 heteroatoms. The van der Waals surface area contributed by atoms with Crippen molar-refractivity contribution in [1.82, 2.24) is 10.3 Å². The van der Waals surface area contributed by atoms with Gasteiger partial charge in [0.15, 0.2) is 11.7 Å². The summed E-state index contributed by atoms with van der Waals surface area (Å²) >= 11 is 0. The number of carbonyl (C=O) groups is 1. The number of hydrogen-bond donors (Lipinski definition) is 1. The smallest absolute Gasteiger partial charge is 0.220 e. The highest BCUT2D eigenvalue weighted by Gasteiger charge is 2.14. The second-order valence-electron chi connectivity index (χ2n) is 7.35. The summed E-state index contributed by atoms with van der Waals surface area (Å²) in [6.07, 6.45) is 2.64. The number of oxazole rings is 1. The van der Waals surface area contributed by atoms with Crippen molar-refractivity contribution < 1.29 is 18.0 Å². The number of carbonyl (C=O) groups excluding carboxylic acids is 1. The number of hydrogen-bond acceptors (Lipinski definition) is 3. The van der Waals surface area contributed by atoms with Gasteiger partial charge in [-0.15, -0.1) is 0 Å². The zero-order valence-electron chi connectivity index (χ0n) is 16.8. The maximum Gasteiger partial charge on any atom is 0.220 e. The summed E-state index contributed by atoms with van der Waals surface area (Å²) in [6, 6.07) is 9.55. The summed E-state index contributed by atoms with van der Waals surface area (Å²) in [6.45, 7) is 6.10. The third-order valence-electron chi connectivity index (χ3n) is 4.75. The van der Waals surface area contributed by atoms with Crippen LogP contribution in [0.1, 0.15) is 35.9 Å². The lowest BCUT2D eigenvalue weighted by Gasteiger charge is -2.15. The van der Waals surface area contributed by atoms with Gasteiger partial charge in [0.05, 0.1) is 11.8 Å². The van der Waals surface area contributed by atoms with Crippen molar-refractivity contribution in [2.45, 2.75) is 46.1 Å². The number of benzene rings is 2. The third kappa shape index (κ3) is 5.50. The topological polar surface area (TPSA) is 55.1 Å². The Labute approximate surface area is 169 Å². The van der Waals surface area contributed by atoms with Crippen molar-refractivity contribution in [2.75, 3.05) is 0 Å². The van der Waals surface area contributed by atoms with Gasteiger partial charge in [-0.25, -0.2) is 13.8 Å². The van der Waals surface area contributed by atoms with Crippen LogP contribution in [-0.4, -0.2) is 16.9 Å². The molecule has 1 unspecified atom stereocenters. The molecule has 0 aliphatic heterocycles. The van der Waals surface area contributed by atoms with Crippen LogP contribution in [0.25, 0.3) is 11.3 Å². The van der Waals surface area contributed by atoms with Gasteiger partial charge in [0, 0.05) is 24.9 Å². The van der Waals surface area contributed by atoms with Crippen LogP contribution in [0.15, 0.2) is 47.0 Å². The highest BCUT2D eigenvalue weighted by atomic mass is 19.1. The molecule has 1 heterocycles. The minimum absolute atomic E-state index is 0.00246. The Kier molecular flexibility index (Phi) is 6.42. The Balaban J connectivity index is 1.52. The first-order chi connectivity index (χ1) is 13.8. The molecule has 0 bridgehead atoms. The molecule has 0 saturated heterocycles. The molecule has 4 nitrogen and oxygen atoms in total. The van der Waals surface area contributed by atoms with Crippen LogP contribution in [0.4, 0.5) is 8.78 Å². The quantitative estimate of drug-likeness (QED) is 0.615. The predicted molar refractivity (Wildman–Crippen MR) is 107 cm³/mol. The summed E-state index contributed by atoms with van der Waals surface area (Å²) in [7, 11) is 0. The second kappa shape index (κ2) is 8.99. The van der Waals surface area contributed by atoms with Gasteiger partial charge in [0.1, 0.15) is 11.6 Å². The Morgan fingerprint density at radius 2 is 1.97 bits per heavy atom. The fourth-order valence-corrected chi connectivity index (χ4v) is 3.26. The fraction of sp³-hybridized carbons (Fsp3) is 0.304. The van der Waals surface area contributed by atoms with E-state index in [1.54, 1.807) is 0 Å². The number of amides is 1. The summed E-state index contributed by atoms with van der Waals surface area (Å²) in [5.41, 5.74) is 3.78. The fourth-order valence-electron chi connectivity index (χ4n) is 3.26. The molecule has 0 radical (unpaired) electrons. The number of halogens is 2. The van der Waals surface area contributed by atoms with Crippen LogP contribution in [0.3, 0.4) is 0 Å². The molecule has 0 fully saturated rings. The molecule has 1 N–H and O–H groups in total. The lowest BCUT2D eigenvalue weighted by atomic mass is 10.00. The predicted octanol–water partition coefficient (Wildman–Crippen LogP) is 4.92. The average Bonchev–Trinajstić information content (AvgIpc) is 3.11. The lowest BCUT2D eigenvalue weighted by Crippen LogP contribution is -2.34. The molecule has 29 heavy (non-hydrogen) atoms. The third-order valence-corrected chi connectivity index (χ3v) is 4.75. The zero-order valence-corrected chi connectivity index (χ0v) is 16.8. The Bertz CT molecular complexity index is 1010. The molecule has 1 amide bonds. The van der Waals surface area contributed by atoms with E-state index in [2.05, 4.69) is 42.3 Å². The lowest BCUT2D eigenvalue weighted by molar-refractivity contribution is -0.121. The number of aryl methyl sites for hydroxylation is 3. The van der Waals surface area contributed by atoms with Crippen LogP contribution < -0.4 is 5.32 Å². The maximum atomic E-state index is 13.8. The van der Waals surface area contributed by atoms with Crippen LogP contribution in [0, 0.1) is 25.5 Å². The van der Waals surface area contributed by atoms with Crippen LogP contribution >= 0.6 is 0 Å². The number of aromatic nitrogens is 1. The molecule has 1 atom stereocenters. The van der Waals surface area contributed by atoms with E-state index in [9.17, 15) is 13.6 Å². The number of nitrogens with zero attached hydrogens (tertiary/aromatic N) is 1. The number of nitrogens with one attached hydrogen (secondary N) is 1. The van der Waals surface area contributed by atoms with E-state index in [-0.39, 0.29) is 29.7 Å². The van der Waals surface area contributed by atoms with Crippen LogP contribution in [0.5, 0.6) is 0 Å². The minimum Gasteiger partial charge on any atom is -0.441 e. The first-order valence-corrected chi connectivity index (χ1v) is 9.57. The first kappa shape index (κ1) is 20.7. The van der Waals surface area contributed by atoms with Gasteiger partial charge < -0.3 is 9.73 Å². The van der Waals surface area contributed by atoms with Gasteiger partial charge >= 0.3 is 0 Å². The van der Waals surface area contributed by atoms with Crippen LogP contribution in [0.2, 0.25) is 0 Å². The van der Waals surface area contributed by atoms with Gasteiger partial charge in [-0.1, -0.05) is 23.8 Å². The molecule has 0 aliphatic rings. The molecule has 0 aliphatic carbocycles. The summed E-state index contributed by atoms with van der Waals surface area (Å²) in [5.74, 6) is -0.930. The van der Waals surface area contributed by atoms with Crippen molar-refractivity contribution in [3.05, 3.63) is 76.8 Å². The van der Waals surface area contributed by atoms with E-state index >= 15 is 0 Å². The molecule has 0 spiro atoms. The summed E-state index contributed by atoms with van der Waals surface area (Å²) in [5, 5.41) is 2.98. The van der Waals surface area contributed by atoms with E-state index in [0.29, 0.717) is 12.3 Å². The van der Waals surface area contributed by atoms with Gasteiger partial charge in [0.25, 0.3) is 0 Å². The highest BCUT2D eigenvalue weighted by Crippen LogP contribution is 2.24. The Morgan fingerprint density at radius 1 is 1.17 bits per heavy atom. The molecule has 2 aromatic carbocycles. The minimum atomic E-state index is -0.717. The second-order valence-corrected chi connectivity index (χ2v) is 7.35. The Hall–Kier alpha value is -3.02. The summed E-state index contributed by atoms with van der Waals surface area (Å²) < 4.78 is 32.4. The van der Waals surface area contributed by atoms with Gasteiger partial charge in [-0.3, -0.25) is 4.79 Å². The molecular weight excluding hydrogens is 374 g/mol. The first-order valence-electron chi connectivity index (χ1n) is 9.57. The van der Waals surface area contributed by atoms with Crippen molar-refractivity contribution in [3.8, 4) is 11.3 Å². The zero-order chi connectivity index (χ0) is 21.0. The Morgan fingerprint density at radius 3 is 2.69 bits per heavy atom. The van der Waals surface area contributed by atoms with E-state index in [4.69, 9.17) is 4.42 Å². The molecule has 0 saturated carbocycles. The van der Waals surface area contributed by atoms with E-state index in [1.165, 1.54) is 29.0 Å². The van der Waals surface area contributed by atoms with Crippen LogP contribution in [-0.2, 0) is 17.6 Å². The van der Waals surface area contributed by atoms with Gasteiger partial charge in [-0.05, 0) is 50.5 Å². The van der Waals surface area contributed by atoms with E-state index in [0.717, 1.165) is 18.6 Å². The largest absolute Gasteiger partial charge is 0.441 e. The molecular formula is C23H24F2N2O2. The van der Waals surface area contributed by atoms with E-state index in [1.807, 2.05) is 6.92 Å². The normalized spacial score (nSPS) is 12.0. The monoisotopic (exact) mass is 398 g/mol. The molecule has 3 aromatic rings. The maximum absolute atomic E-state index is 13.8. The SMILES string of the molecule is Cc1ccc(CC(C)NC(=O)CCc2ncc(-c3ccc(F)cc3F)o2)c(C)c1. The van der Waals surface area contributed by atoms with Crippen molar-refractivity contribution >= 4 is 5.91 Å². The molecule has 152 valence electrons. The standard InChI is InChI=1S/C23H24F2N2O2/c1-14-4-5-17(15(2)10-14)11-16(3)27-22(28)8-9-23-26-13-21(29-23)19-7-6-18(24)12-20(19)25/h4-7,10,12-13,16H,8-9,11H2,1-3H3,(H,27,28). The highest BCUT2D eigenvalue weighted by molar-refractivity contribution is 5.76. The average molecular weight is 398 g/mol. The molecule has 1 aromatic heterocycles. The van der Waals surface area contributed by atoms with E-state index < -0.39 is 11.6 Å². The molecule has 3 rings (SSSR count).